The largest absolute Gasteiger partial charge is 0.369 e. The molecule has 0 spiro atoms. The number of hydrogen-bond acceptors (Lipinski definition) is 3. The van der Waals surface area contributed by atoms with Crippen molar-refractivity contribution < 1.29 is 13.6 Å². The number of aryl methyl sites for hydroxylation is 1. The maximum absolute atomic E-state index is 13.9. The van der Waals surface area contributed by atoms with E-state index in [0.717, 1.165) is 39.5 Å². The Kier molecular flexibility index (Phi) is 6.41. The van der Waals surface area contributed by atoms with Crippen LogP contribution in [-0.2, 0) is 11.2 Å². The summed E-state index contributed by atoms with van der Waals surface area (Å²) in [6, 6.07) is 16.0. The third-order valence-electron chi connectivity index (χ3n) is 5.91. The van der Waals surface area contributed by atoms with Crippen LogP contribution < -0.4 is 5.73 Å². The molecule has 3 N–H and O–H groups in total. The van der Waals surface area contributed by atoms with Crippen molar-refractivity contribution in [3.05, 3.63) is 72.3 Å². The summed E-state index contributed by atoms with van der Waals surface area (Å²) < 4.78 is 27.9. The van der Waals surface area contributed by atoms with Crippen molar-refractivity contribution in [2.75, 3.05) is 5.75 Å². The van der Waals surface area contributed by atoms with Gasteiger partial charge in [0.2, 0.25) is 11.8 Å². The van der Waals surface area contributed by atoms with Crippen molar-refractivity contribution in [3.8, 4) is 11.1 Å². The summed E-state index contributed by atoms with van der Waals surface area (Å²) in [6.07, 6.45) is 3.98. The van der Waals surface area contributed by atoms with E-state index in [1.807, 2.05) is 42.6 Å². The highest BCUT2D eigenvalue weighted by atomic mass is 32.2. The Morgan fingerprint density at radius 3 is 2.68 bits per heavy atom. The van der Waals surface area contributed by atoms with E-state index in [9.17, 15) is 13.6 Å². The smallest absolute Gasteiger partial charge is 0.249 e. The second kappa shape index (κ2) is 9.22. The van der Waals surface area contributed by atoms with Crippen LogP contribution in [0.1, 0.15) is 36.4 Å². The molecule has 1 heterocycles. The molecule has 0 bridgehead atoms. The first-order valence-electron chi connectivity index (χ1n) is 10.4. The van der Waals surface area contributed by atoms with Crippen LogP contribution in [0.3, 0.4) is 0 Å². The van der Waals surface area contributed by atoms with Crippen LogP contribution in [0.4, 0.5) is 8.78 Å². The lowest BCUT2D eigenvalue weighted by Gasteiger charge is -2.35. The predicted octanol–water partition coefficient (Wildman–Crippen LogP) is 5.42. The number of nitrogens with one attached hydrogen (secondary N) is 1. The van der Waals surface area contributed by atoms with Gasteiger partial charge in [-0.05, 0) is 47.6 Å². The molecule has 162 valence electrons. The van der Waals surface area contributed by atoms with Gasteiger partial charge in [-0.1, -0.05) is 36.4 Å². The molecular formula is C24H25F2N3OS. The van der Waals surface area contributed by atoms with Gasteiger partial charge in [-0.15, -0.1) is 11.8 Å². The van der Waals surface area contributed by atoms with Crippen molar-refractivity contribution in [3.63, 3.8) is 0 Å². The summed E-state index contributed by atoms with van der Waals surface area (Å²) in [5.41, 5.74) is 9.53. The van der Waals surface area contributed by atoms with Gasteiger partial charge >= 0.3 is 0 Å². The number of aromatic amines is 1. The van der Waals surface area contributed by atoms with Gasteiger partial charge in [-0.3, -0.25) is 4.79 Å². The number of benzene rings is 2. The molecule has 3 aromatic rings. The fourth-order valence-corrected chi connectivity index (χ4v) is 5.21. The average molecular weight is 442 g/mol. The molecule has 0 saturated heterocycles. The van der Waals surface area contributed by atoms with Crippen LogP contribution in [-0.4, -0.2) is 27.6 Å². The zero-order valence-corrected chi connectivity index (χ0v) is 17.9. The Balaban J connectivity index is 1.52. The molecule has 1 aromatic heterocycles. The quantitative estimate of drug-likeness (QED) is 0.481. The zero-order chi connectivity index (χ0) is 21.8. The lowest BCUT2D eigenvalue weighted by atomic mass is 9.72. The molecule has 31 heavy (non-hydrogen) atoms. The summed E-state index contributed by atoms with van der Waals surface area (Å²) in [6.45, 7) is 0. The van der Waals surface area contributed by atoms with Crippen molar-refractivity contribution >= 4 is 17.7 Å². The second-order valence-corrected chi connectivity index (χ2v) is 9.17. The van der Waals surface area contributed by atoms with Crippen LogP contribution >= 0.6 is 11.8 Å². The number of aromatic nitrogens is 2. The van der Waals surface area contributed by atoms with E-state index in [-0.39, 0.29) is 18.8 Å². The van der Waals surface area contributed by atoms with Crippen LogP contribution in [0.25, 0.3) is 11.1 Å². The summed E-state index contributed by atoms with van der Waals surface area (Å²) in [5.74, 6) is -3.70. The van der Waals surface area contributed by atoms with Gasteiger partial charge in [0.25, 0.3) is 0 Å². The number of thioether (sulfide) groups is 1. The molecule has 1 aliphatic carbocycles. The number of rotatable bonds is 7. The van der Waals surface area contributed by atoms with Gasteiger partial charge < -0.3 is 10.7 Å². The van der Waals surface area contributed by atoms with Gasteiger partial charge in [0.1, 0.15) is 0 Å². The molecule has 4 nitrogen and oxygen atoms in total. The Hall–Kier alpha value is -2.67. The maximum atomic E-state index is 13.9. The topological polar surface area (TPSA) is 71.8 Å². The Labute approximate surface area is 184 Å². The number of hydrogen-bond donors (Lipinski definition) is 2. The van der Waals surface area contributed by atoms with Crippen molar-refractivity contribution in [2.45, 2.75) is 42.4 Å². The second-order valence-electron chi connectivity index (χ2n) is 8.00. The van der Waals surface area contributed by atoms with Crippen molar-refractivity contribution in [2.24, 2.45) is 11.7 Å². The van der Waals surface area contributed by atoms with E-state index in [4.69, 9.17) is 5.73 Å². The van der Waals surface area contributed by atoms with E-state index in [2.05, 4.69) is 22.1 Å². The first kappa shape index (κ1) is 21.6. The van der Waals surface area contributed by atoms with Crippen molar-refractivity contribution in [1.82, 2.24) is 9.97 Å². The number of nitrogens with zero attached hydrogens (tertiary/aromatic N) is 1. The molecule has 1 saturated carbocycles. The number of carbonyl (C=O) groups is 1. The van der Waals surface area contributed by atoms with Crippen LogP contribution in [0, 0.1) is 5.92 Å². The highest BCUT2D eigenvalue weighted by Crippen LogP contribution is 2.47. The van der Waals surface area contributed by atoms with Gasteiger partial charge in [-0.25, -0.2) is 13.8 Å². The van der Waals surface area contributed by atoms with Gasteiger partial charge in [0.15, 0.2) is 0 Å². The van der Waals surface area contributed by atoms with Crippen LogP contribution in [0.15, 0.2) is 66.0 Å². The standard InChI is InChI=1S/C24H25F2N3OS/c25-24(26)11-9-21(22(13-24)23(27)30)20-4-2-1-3-19(20)16-5-7-18(8-6-16)31-12-10-17-14-28-15-29-17/h1-8,14-15,21-22H,9-13H2,(H2,27,30)(H,28,29). The number of carbonyl (C=O) groups excluding carboxylic acids is 1. The molecule has 0 aliphatic heterocycles. The Morgan fingerprint density at radius 1 is 1.19 bits per heavy atom. The van der Waals surface area contributed by atoms with E-state index < -0.39 is 24.2 Å². The average Bonchev–Trinajstić information content (AvgIpc) is 3.27. The number of imidazole rings is 1. The number of H-pyrrole nitrogens is 1. The lowest BCUT2D eigenvalue weighted by Crippen LogP contribution is -2.39. The molecule has 1 fully saturated rings. The predicted molar refractivity (Wildman–Crippen MR) is 119 cm³/mol. The maximum Gasteiger partial charge on any atom is 0.249 e. The number of halogens is 2. The van der Waals surface area contributed by atoms with E-state index >= 15 is 0 Å². The molecule has 4 rings (SSSR count). The number of nitrogens with two attached hydrogens (primary N) is 1. The third kappa shape index (κ3) is 5.15. The Morgan fingerprint density at radius 2 is 1.97 bits per heavy atom. The molecule has 2 aromatic carbocycles. The lowest BCUT2D eigenvalue weighted by molar-refractivity contribution is -0.130. The van der Waals surface area contributed by atoms with E-state index in [0.29, 0.717) is 0 Å². The van der Waals surface area contributed by atoms with Gasteiger partial charge in [-0.2, -0.15) is 0 Å². The van der Waals surface area contributed by atoms with Crippen LogP contribution in [0.2, 0.25) is 0 Å². The van der Waals surface area contributed by atoms with Gasteiger partial charge in [0, 0.05) is 35.4 Å². The number of alkyl halides is 2. The molecule has 2 unspecified atom stereocenters. The fraction of sp³-hybridized carbons (Fsp3) is 0.333. The highest BCUT2D eigenvalue weighted by molar-refractivity contribution is 7.99. The van der Waals surface area contributed by atoms with Crippen molar-refractivity contribution in [1.29, 1.82) is 0 Å². The number of primary amides is 1. The SMILES string of the molecule is NC(=O)C1CC(F)(F)CCC1c1ccccc1-c1ccc(SCCc2cnc[nH]2)cc1. The van der Waals surface area contributed by atoms with Crippen LogP contribution in [0.5, 0.6) is 0 Å². The van der Waals surface area contributed by atoms with E-state index in [1.165, 1.54) is 0 Å². The number of amides is 1. The van der Waals surface area contributed by atoms with E-state index in [1.54, 1.807) is 18.1 Å². The normalized spacial score (nSPS) is 20.5. The highest BCUT2D eigenvalue weighted by Gasteiger charge is 2.44. The summed E-state index contributed by atoms with van der Waals surface area (Å²) in [4.78, 5) is 20.3. The minimum Gasteiger partial charge on any atom is -0.369 e. The summed E-state index contributed by atoms with van der Waals surface area (Å²) in [7, 11) is 0. The molecule has 2 atom stereocenters. The first-order valence-corrected chi connectivity index (χ1v) is 11.4. The Bertz CT molecular complexity index is 1020. The molecule has 1 aliphatic rings. The molecular weight excluding hydrogens is 416 g/mol. The van der Waals surface area contributed by atoms with Gasteiger partial charge in [0.05, 0.1) is 12.2 Å². The summed E-state index contributed by atoms with van der Waals surface area (Å²) >= 11 is 1.77. The first-order chi connectivity index (χ1) is 14.9. The minimum absolute atomic E-state index is 0.221. The molecule has 0 radical (unpaired) electrons. The minimum atomic E-state index is -2.83. The monoisotopic (exact) mass is 441 g/mol. The third-order valence-corrected chi connectivity index (χ3v) is 6.93. The fourth-order valence-electron chi connectivity index (χ4n) is 4.32. The zero-order valence-electron chi connectivity index (χ0n) is 17.1. The molecule has 1 amide bonds. The molecule has 7 heteroatoms. The summed E-state index contributed by atoms with van der Waals surface area (Å²) in [5, 5.41) is 0.